The molecular formula is C10H24NP. The van der Waals surface area contributed by atoms with Gasteiger partial charge in [-0.3, -0.25) is 0 Å². The van der Waals surface area contributed by atoms with Crippen molar-refractivity contribution in [2.75, 3.05) is 13.7 Å². The van der Waals surface area contributed by atoms with Crippen molar-refractivity contribution in [3.8, 4) is 0 Å². The molecule has 2 atom stereocenters. The van der Waals surface area contributed by atoms with E-state index in [1.165, 1.54) is 32.1 Å². The maximum atomic E-state index is 3.42. The molecule has 0 aromatic carbocycles. The minimum Gasteiger partial charge on any atom is -0.311 e. The second kappa shape index (κ2) is 6.86. The molecule has 0 aliphatic heterocycles. The maximum Gasteiger partial charge on any atom is 0.0318 e. The molecule has 0 aromatic rings. The summed E-state index contributed by atoms with van der Waals surface area (Å²) in [4.78, 5) is 0. The first-order chi connectivity index (χ1) is 5.68. The molecule has 0 aliphatic carbocycles. The van der Waals surface area contributed by atoms with Gasteiger partial charge in [0, 0.05) is 5.28 Å². The van der Waals surface area contributed by atoms with Gasteiger partial charge in [0.25, 0.3) is 0 Å². The van der Waals surface area contributed by atoms with Crippen molar-refractivity contribution < 1.29 is 0 Å². The van der Waals surface area contributed by atoms with Crippen LogP contribution >= 0.6 is 8.58 Å². The van der Waals surface area contributed by atoms with Crippen molar-refractivity contribution in [3.05, 3.63) is 0 Å². The predicted molar refractivity (Wildman–Crippen MR) is 60.5 cm³/mol. The first-order valence-electron chi connectivity index (χ1n) is 5.06. The summed E-state index contributed by atoms with van der Waals surface area (Å²) in [5.41, 5.74) is 0. The average Bonchev–Trinajstić information content (AvgIpc) is 2.12. The monoisotopic (exact) mass is 189 g/mol. The Morgan fingerprint density at radius 3 is 2.33 bits per heavy atom. The lowest BCUT2D eigenvalue weighted by Gasteiger charge is -2.27. The molecule has 74 valence electrons. The SMILES string of the molecule is CCCCCCC(C)(NC)PC. The summed E-state index contributed by atoms with van der Waals surface area (Å²) in [6.07, 6.45) is 6.85. The van der Waals surface area contributed by atoms with Crippen molar-refractivity contribution in [3.63, 3.8) is 0 Å². The molecule has 1 N–H and O–H groups in total. The molecule has 2 heteroatoms. The molecule has 0 bridgehead atoms. The zero-order valence-corrected chi connectivity index (χ0v) is 10.0. The smallest absolute Gasteiger partial charge is 0.0318 e. The fraction of sp³-hybridized carbons (Fsp3) is 1.00. The van der Waals surface area contributed by atoms with E-state index in [9.17, 15) is 0 Å². The van der Waals surface area contributed by atoms with Crippen LogP contribution in [-0.4, -0.2) is 19.0 Å². The number of unbranched alkanes of at least 4 members (excludes halogenated alkanes) is 3. The van der Waals surface area contributed by atoms with Crippen LogP contribution in [0.25, 0.3) is 0 Å². The van der Waals surface area contributed by atoms with E-state index in [1.54, 1.807) is 0 Å². The van der Waals surface area contributed by atoms with Crippen molar-refractivity contribution in [1.29, 1.82) is 0 Å². The van der Waals surface area contributed by atoms with Crippen LogP contribution in [0.1, 0.15) is 46.0 Å². The van der Waals surface area contributed by atoms with E-state index in [1.807, 2.05) is 0 Å². The van der Waals surface area contributed by atoms with Gasteiger partial charge in [0.1, 0.15) is 0 Å². The lowest BCUT2D eigenvalue weighted by atomic mass is 10.1. The largest absolute Gasteiger partial charge is 0.311 e. The minimum absolute atomic E-state index is 0.410. The van der Waals surface area contributed by atoms with Crippen LogP contribution in [0.4, 0.5) is 0 Å². The maximum absolute atomic E-state index is 3.42. The molecule has 0 amide bonds. The highest BCUT2D eigenvalue weighted by Gasteiger charge is 2.17. The molecule has 0 fully saturated rings. The van der Waals surface area contributed by atoms with Crippen LogP contribution in [0.2, 0.25) is 0 Å². The van der Waals surface area contributed by atoms with Crippen LogP contribution < -0.4 is 5.32 Å². The lowest BCUT2D eigenvalue weighted by Crippen LogP contribution is -2.34. The normalized spacial score (nSPS) is 17.0. The average molecular weight is 189 g/mol. The molecule has 0 aromatic heterocycles. The van der Waals surface area contributed by atoms with E-state index >= 15 is 0 Å². The molecule has 12 heavy (non-hydrogen) atoms. The summed E-state index contributed by atoms with van der Waals surface area (Å²) >= 11 is 0. The molecule has 0 radical (unpaired) electrons. The Morgan fingerprint density at radius 1 is 1.25 bits per heavy atom. The Hall–Kier alpha value is 0.390. The fourth-order valence-electron chi connectivity index (χ4n) is 1.28. The van der Waals surface area contributed by atoms with E-state index < -0.39 is 0 Å². The number of rotatable bonds is 7. The first kappa shape index (κ1) is 12.4. The van der Waals surface area contributed by atoms with Gasteiger partial charge in [-0.25, -0.2) is 0 Å². The van der Waals surface area contributed by atoms with E-state index in [0.29, 0.717) is 5.28 Å². The van der Waals surface area contributed by atoms with Crippen LogP contribution in [0, 0.1) is 0 Å². The Kier molecular flexibility index (Phi) is 7.08. The number of hydrogen-bond donors (Lipinski definition) is 1. The molecule has 0 spiro atoms. The van der Waals surface area contributed by atoms with Gasteiger partial charge in [0.15, 0.2) is 0 Å². The molecule has 0 saturated heterocycles. The van der Waals surface area contributed by atoms with E-state index in [4.69, 9.17) is 0 Å². The van der Waals surface area contributed by atoms with Crippen LogP contribution in [0.5, 0.6) is 0 Å². The predicted octanol–water partition coefficient (Wildman–Crippen LogP) is 3.20. The molecular weight excluding hydrogens is 165 g/mol. The zero-order chi connectivity index (χ0) is 9.45. The van der Waals surface area contributed by atoms with Crippen LogP contribution in [0.15, 0.2) is 0 Å². The summed E-state index contributed by atoms with van der Waals surface area (Å²) in [6.45, 7) is 6.88. The van der Waals surface area contributed by atoms with Crippen LogP contribution in [-0.2, 0) is 0 Å². The van der Waals surface area contributed by atoms with Gasteiger partial charge >= 0.3 is 0 Å². The van der Waals surface area contributed by atoms with Crippen molar-refractivity contribution in [2.45, 2.75) is 51.2 Å². The molecule has 0 heterocycles. The van der Waals surface area contributed by atoms with Crippen molar-refractivity contribution >= 4 is 8.58 Å². The van der Waals surface area contributed by atoms with Gasteiger partial charge in [-0.15, -0.1) is 8.58 Å². The summed E-state index contributed by atoms with van der Waals surface area (Å²) in [5.74, 6) is 0. The molecule has 1 nitrogen and oxygen atoms in total. The highest BCUT2D eigenvalue weighted by molar-refractivity contribution is 7.38. The minimum atomic E-state index is 0.410. The summed E-state index contributed by atoms with van der Waals surface area (Å²) in [7, 11) is 3.08. The molecule has 2 unspecified atom stereocenters. The Labute approximate surface area is 79.5 Å². The standard InChI is InChI=1S/C10H24NP/c1-5-6-7-8-9-10(2,11-3)12-4/h11-12H,5-9H2,1-4H3. The topological polar surface area (TPSA) is 12.0 Å². The zero-order valence-electron chi connectivity index (χ0n) is 9.04. The lowest BCUT2D eigenvalue weighted by molar-refractivity contribution is 0.474. The third-order valence-corrected chi connectivity index (χ3v) is 4.24. The molecule has 0 saturated carbocycles. The third-order valence-electron chi connectivity index (χ3n) is 2.63. The van der Waals surface area contributed by atoms with Crippen LogP contribution in [0.3, 0.4) is 0 Å². The van der Waals surface area contributed by atoms with Gasteiger partial charge in [-0.2, -0.15) is 0 Å². The van der Waals surface area contributed by atoms with Gasteiger partial charge in [-0.05, 0) is 27.1 Å². The van der Waals surface area contributed by atoms with E-state index in [-0.39, 0.29) is 0 Å². The Bertz CT molecular complexity index is 100. The number of nitrogens with one attached hydrogen (secondary N) is 1. The van der Waals surface area contributed by atoms with E-state index in [0.717, 1.165) is 8.58 Å². The molecule has 0 rings (SSSR count). The second-order valence-electron chi connectivity index (χ2n) is 3.64. The third kappa shape index (κ3) is 5.11. The quantitative estimate of drug-likeness (QED) is 0.479. The first-order valence-corrected chi connectivity index (χ1v) is 6.56. The summed E-state index contributed by atoms with van der Waals surface area (Å²) in [6, 6.07) is 0. The Morgan fingerprint density at radius 2 is 1.92 bits per heavy atom. The van der Waals surface area contributed by atoms with Crippen molar-refractivity contribution in [2.24, 2.45) is 0 Å². The van der Waals surface area contributed by atoms with Gasteiger partial charge in [-0.1, -0.05) is 32.6 Å². The molecule has 0 aliphatic rings. The highest BCUT2D eigenvalue weighted by atomic mass is 31.1. The van der Waals surface area contributed by atoms with Crippen molar-refractivity contribution in [1.82, 2.24) is 5.32 Å². The fourth-order valence-corrected chi connectivity index (χ4v) is 1.96. The van der Waals surface area contributed by atoms with E-state index in [2.05, 4.69) is 32.9 Å². The summed E-state index contributed by atoms with van der Waals surface area (Å²) in [5, 5.41) is 3.83. The van der Waals surface area contributed by atoms with Gasteiger partial charge in [0.05, 0.1) is 0 Å². The van der Waals surface area contributed by atoms with Gasteiger partial charge in [0.2, 0.25) is 0 Å². The highest BCUT2D eigenvalue weighted by Crippen LogP contribution is 2.30. The Balaban J connectivity index is 3.45. The summed E-state index contributed by atoms with van der Waals surface area (Å²) < 4.78 is 0. The second-order valence-corrected chi connectivity index (χ2v) is 5.25. The van der Waals surface area contributed by atoms with Gasteiger partial charge < -0.3 is 5.32 Å². The number of hydrogen-bond acceptors (Lipinski definition) is 1.